The highest BCUT2D eigenvalue weighted by atomic mass is 35.5. The first-order valence-corrected chi connectivity index (χ1v) is 13.0. The number of amides is 2. The van der Waals surface area contributed by atoms with Crippen LogP contribution in [0.2, 0.25) is 5.02 Å². The molecule has 0 saturated carbocycles. The highest BCUT2D eigenvalue weighted by molar-refractivity contribution is 6.31. The number of halogens is 1. The Labute approximate surface area is 222 Å². The van der Waals surface area contributed by atoms with Gasteiger partial charge in [0.2, 0.25) is 5.91 Å². The Morgan fingerprint density at radius 2 is 1.76 bits per heavy atom. The average Bonchev–Trinajstić information content (AvgIpc) is 3.15. The van der Waals surface area contributed by atoms with Crippen LogP contribution in [0, 0.1) is 0 Å². The molecular formula is C29H31ClN4O3. The van der Waals surface area contributed by atoms with Gasteiger partial charge < -0.3 is 20.7 Å². The molecule has 3 heterocycles. The van der Waals surface area contributed by atoms with Crippen molar-refractivity contribution in [3.8, 4) is 16.9 Å². The molecule has 0 unspecified atom stereocenters. The molecular weight excluding hydrogens is 488 g/mol. The second kappa shape index (κ2) is 10.1. The zero-order valence-electron chi connectivity index (χ0n) is 21.0. The molecule has 2 aliphatic rings. The third-order valence-corrected chi connectivity index (χ3v) is 7.54. The normalized spacial score (nSPS) is 20.9. The van der Waals surface area contributed by atoms with E-state index in [0.29, 0.717) is 16.3 Å². The highest BCUT2D eigenvalue weighted by Crippen LogP contribution is 2.39. The van der Waals surface area contributed by atoms with Gasteiger partial charge in [-0.1, -0.05) is 41.9 Å². The van der Waals surface area contributed by atoms with Crippen molar-refractivity contribution in [3.63, 3.8) is 0 Å². The predicted octanol–water partition coefficient (Wildman–Crippen LogP) is 4.97. The van der Waals surface area contributed by atoms with Gasteiger partial charge in [0.05, 0.1) is 5.56 Å². The Morgan fingerprint density at radius 3 is 2.38 bits per heavy atom. The van der Waals surface area contributed by atoms with Crippen LogP contribution in [-0.2, 0) is 4.79 Å². The minimum Gasteiger partial charge on any atom is -0.477 e. The van der Waals surface area contributed by atoms with E-state index in [1.165, 1.54) is 6.20 Å². The van der Waals surface area contributed by atoms with E-state index in [0.717, 1.165) is 42.6 Å². The molecule has 2 aromatic carbocycles. The third-order valence-electron chi connectivity index (χ3n) is 7.30. The molecule has 3 atom stereocenters. The Hall–Kier alpha value is -3.58. The van der Waals surface area contributed by atoms with E-state index >= 15 is 0 Å². The zero-order valence-corrected chi connectivity index (χ0v) is 21.7. The Kier molecular flexibility index (Phi) is 6.82. The number of nitrogens with one attached hydrogen (secondary N) is 1. The maximum absolute atomic E-state index is 13.4. The lowest BCUT2D eigenvalue weighted by atomic mass is 9.96. The van der Waals surface area contributed by atoms with Gasteiger partial charge >= 0.3 is 0 Å². The number of ether oxygens (including phenoxy) is 1. The van der Waals surface area contributed by atoms with Gasteiger partial charge in [0.25, 0.3) is 5.91 Å². The molecule has 2 amide bonds. The summed E-state index contributed by atoms with van der Waals surface area (Å²) in [6.07, 6.45) is 5.27. The van der Waals surface area contributed by atoms with E-state index in [4.69, 9.17) is 22.1 Å². The predicted molar refractivity (Wildman–Crippen MR) is 145 cm³/mol. The largest absolute Gasteiger partial charge is 0.477 e. The first-order chi connectivity index (χ1) is 17.7. The van der Waals surface area contributed by atoms with Crippen molar-refractivity contribution in [1.82, 2.24) is 10.3 Å². The number of rotatable bonds is 7. The smallest absolute Gasteiger partial charge is 0.263 e. The molecule has 0 radical (unpaired) electrons. The molecule has 2 saturated heterocycles. The number of hydrogen-bond donors (Lipinski definition) is 2. The summed E-state index contributed by atoms with van der Waals surface area (Å²) in [5.74, 6) is 0.823. The lowest BCUT2D eigenvalue weighted by Gasteiger charge is -2.41. The van der Waals surface area contributed by atoms with Gasteiger partial charge in [0, 0.05) is 34.9 Å². The molecule has 0 aliphatic carbocycles. The van der Waals surface area contributed by atoms with Gasteiger partial charge in [-0.05, 0) is 75.4 Å². The molecule has 8 heteroatoms. The fourth-order valence-corrected chi connectivity index (χ4v) is 5.64. The SMILES string of the molecule is CC(C)(Oc1ccc(Cl)cc1-c1ccccc1)C(=O)N[C@H]1C[C@H]2CC[C@@H](C1)N2c1ccc(C(N)=O)cn1. The van der Waals surface area contributed by atoms with Crippen molar-refractivity contribution in [2.45, 2.75) is 63.3 Å². The quantitative estimate of drug-likeness (QED) is 0.460. The molecule has 192 valence electrons. The molecule has 5 rings (SSSR count). The van der Waals surface area contributed by atoms with Crippen LogP contribution in [0.25, 0.3) is 11.1 Å². The summed E-state index contributed by atoms with van der Waals surface area (Å²) in [7, 11) is 0. The third kappa shape index (κ3) is 5.27. The van der Waals surface area contributed by atoms with Gasteiger partial charge in [0.15, 0.2) is 5.60 Å². The van der Waals surface area contributed by atoms with Crippen LogP contribution in [0.1, 0.15) is 49.9 Å². The summed E-state index contributed by atoms with van der Waals surface area (Å²) in [6.45, 7) is 3.58. The van der Waals surface area contributed by atoms with Crippen LogP contribution >= 0.6 is 11.6 Å². The molecule has 2 bridgehead atoms. The maximum Gasteiger partial charge on any atom is 0.263 e. The highest BCUT2D eigenvalue weighted by Gasteiger charge is 2.43. The van der Waals surface area contributed by atoms with Crippen LogP contribution in [0.3, 0.4) is 0 Å². The van der Waals surface area contributed by atoms with E-state index in [2.05, 4.69) is 15.2 Å². The number of carbonyl (C=O) groups excluding carboxylic acids is 2. The molecule has 7 nitrogen and oxygen atoms in total. The van der Waals surface area contributed by atoms with Crippen molar-refractivity contribution in [1.29, 1.82) is 0 Å². The Bertz CT molecular complexity index is 1280. The summed E-state index contributed by atoms with van der Waals surface area (Å²) in [5, 5.41) is 3.85. The van der Waals surface area contributed by atoms with Crippen molar-refractivity contribution in [3.05, 3.63) is 77.4 Å². The molecule has 0 spiro atoms. The van der Waals surface area contributed by atoms with Crippen LogP contribution in [0.5, 0.6) is 5.75 Å². The van der Waals surface area contributed by atoms with Crippen molar-refractivity contribution in [2.75, 3.05) is 4.90 Å². The summed E-state index contributed by atoms with van der Waals surface area (Å²) < 4.78 is 6.31. The molecule has 2 fully saturated rings. The number of benzene rings is 2. The van der Waals surface area contributed by atoms with Crippen molar-refractivity contribution in [2.24, 2.45) is 5.73 Å². The Morgan fingerprint density at radius 1 is 1.05 bits per heavy atom. The van der Waals surface area contributed by atoms with Gasteiger partial charge in [-0.2, -0.15) is 0 Å². The number of pyridine rings is 1. The minimum absolute atomic E-state index is 0.0489. The topological polar surface area (TPSA) is 97.5 Å². The van der Waals surface area contributed by atoms with Crippen molar-refractivity contribution < 1.29 is 14.3 Å². The number of aromatic nitrogens is 1. The first-order valence-electron chi connectivity index (χ1n) is 12.6. The lowest BCUT2D eigenvalue weighted by Crippen LogP contribution is -2.55. The second-order valence-electron chi connectivity index (χ2n) is 10.3. The molecule has 2 aliphatic heterocycles. The second-order valence-corrected chi connectivity index (χ2v) is 10.8. The number of primary amides is 1. The number of nitrogens with two attached hydrogens (primary N) is 1. The fraction of sp³-hybridized carbons (Fsp3) is 0.345. The van der Waals surface area contributed by atoms with E-state index < -0.39 is 11.5 Å². The van der Waals surface area contributed by atoms with Gasteiger partial charge in [-0.15, -0.1) is 0 Å². The summed E-state index contributed by atoms with van der Waals surface area (Å²) in [6, 6.07) is 19.5. The number of anilines is 1. The zero-order chi connectivity index (χ0) is 26.2. The number of piperidine rings is 1. The molecule has 1 aromatic heterocycles. The molecule has 3 N–H and O–H groups in total. The number of nitrogens with zero attached hydrogens (tertiary/aromatic N) is 2. The summed E-state index contributed by atoms with van der Waals surface area (Å²) in [5.41, 5.74) is 6.48. The van der Waals surface area contributed by atoms with Crippen LogP contribution in [-0.4, -0.2) is 40.5 Å². The van der Waals surface area contributed by atoms with E-state index in [-0.39, 0.29) is 24.0 Å². The molecule has 37 heavy (non-hydrogen) atoms. The average molecular weight is 519 g/mol. The number of fused-ring (bicyclic) bond motifs is 2. The minimum atomic E-state index is -1.08. The number of hydrogen-bond acceptors (Lipinski definition) is 5. The van der Waals surface area contributed by atoms with Crippen LogP contribution in [0.4, 0.5) is 5.82 Å². The van der Waals surface area contributed by atoms with Gasteiger partial charge in [0.1, 0.15) is 11.6 Å². The summed E-state index contributed by atoms with van der Waals surface area (Å²) in [4.78, 5) is 31.6. The van der Waals surface area contributed by atoms with Gasteiger partial charge in [-0.25, -0.2) is 4.98 Å². The summed E-state index contributed by atoms with van der Waals surface area (Å²) >= 11 is 6.28. The fourth-order valence-electron chi connectivity index (χ4n) is 5.47. The van der Waals surface area contributed by atoms with Crippen LogP contribution in [0.15, 0.2) is 66.9 Å². The van der Waals surface area contributed by atoms with E-state index in [1.54, 1.807) is 26.0 Å². The van der Waals surface area contributed by atoms with Crippen LogP contribution < -0.4 is 20.7 Å². The monoisotopic (exact) mass is 518 g/mol. The first kappa shape index (κ1) is 25.1. The van der Waals surface area contributed by atoms with Crippen molar-refractivity contribution >= 4 is 29.2 Å². The molecule has 3 aromatic rings. The van der Waals surface area contributed by atoms with E-state index in [1.807, 2.05) is 48.5 Å². The number of carbonyl (C=O) groups is 2. The van der Waals surface area contributed by atoms with E-state index in [9.17, 15) is 9.59 Å². The maximum atomic E-state index is 13.4. The Balaban J connectivity index is 1.26. The lowest BCUT2D eigenvalue weighted by molar-refractivity contribution is -0.135. The van der Waals surface area contributed by atoms with Gasteiger partial charge in [-0.3, -0.25) is 9.59 Å². The standard InChI is InChI=1S/C29H31ClN4O3/c1-29(2,37-25-12-9-20(30)14-24(25)18-6-4-3-5-7-18)28(36)33-21-15-22-10-11-23(16-21)34(22)26-13-8-19(17-32-26)27(31)35/h3-9,12-14,17,21-23H,10-11,15-16H2,1-2H3,(H2,31,35)(H,33,36)/t21-,22+,23-.